The summed E-state index contributed by atoms with van der Waals surface area (Å²) in [6, 6.07) is 8.24. The summed E-state index contributed by atoms with van der Waals surface area (Å²) in [6.45, 7) is 6.90. The Morgan fingerprint density at radius 2 is 1.83 bits per heavy atom. The van der Waals surface area contributed by atoms with Gasteiger partial charge in [-0.05, 0) is 30.5 Å². The molecule has 0 spiro atoms. The first kappa shape index (κ1) is 15.0. The van der Waals surface area contributed by atoms with E-state index in [9.17, 15) is 5.11 Å². The molecule has 0 saturated carbocycles. The van der Waals surface area contributed by atoms with Gasteiger partial charge in [-0.15, -0.1) is 0 Å². The molecule has 0 saturated heterocycles. The second-order valence-electron chi connectivity index (χ2n) is 4.86. The standard InChI is InChI=1S/C15H25NO2/c1-5-11(2)15(17)10-16-12(3)13-6-8-14(18-4)9-7-13/h6-9,11-12,15-17H,5,10H2,1-4H3. The number of hydrogen-bond donors (Lipinski definition) is 2. The van der Waals surface area contributed by atoms with Crippen molar-refractivity contribution in [3.63, 3.8) is 0 Å². The third-order valence-electron chi connectivity index (χ3n) is 3.55. The first-order valence-corrected chi connectivity index (χ1v) is 6.63. The average Bonchev–Trinajstić information content (AvgIpc) is 2.43. The van der Waals surface area contributed by atoms with E-state index in [4.69, 9.17) is 4.74 Å². The molecule has 3 nitrogen and oxygen atoms in total. The fourth-order valence-corrected chi connectivity index (χ4v) is 1.78. The summed E-state index contributed by atoms with van der Waals surface area (Å²) in [5.74, 6) is 1.20. The van der Waals surface area contributed by atoms with Gasteiger partial charge in [-0.1, -0.05) is 32.4 Å². The second kappa shape index (κ2) is 7.39. The van der Waals surface area contributed by atoms with Crippen LogP contribution in [0, 0.1) is 5.92 Å². The molecule has 3 atom stereocenters. The zero-order valence-corrected chi connectivity index (χ0v) is 11.8. The highest BCUT2D eigenvalue weighted by atomic mass is 16.5. The third kappa shape index (κ3) is 4.31. The maximum absolute atomic E-state index is 9.91. The summed E-state index contributed by atoms with van der Waals surface area (Å²) in [5, 5.41) is 13.3. The Labute approximate surface area is 110 Å². The van der Waals surface area contributed by atoms with Crippen molar-refractivity contribution in [2.24, 2.45) is 5.92 Å². The number of benzene rings is 1. The van der Waals surface area contributed by atoms with E-state index in [-0.39, 0.29) is 12.1 Å². The van der Waals surface area contributed by atoms with Crippen LogP contribution >= 0.6 is 0 Å². The lowest BCUT2D eigenvalue weighted by Crippen LogP contribution is -2.33. The smallest absolute Gasteiger partial charge is 0.118 e. The maximum atomic E-state index is 9.91. The molecule has 0 bridgehead atoms. The molecule has 2 N–H and O–H groups in total. The molecule has 0 aromatic heterocycles. The van der Waals surface area contributed by atoms with E-state index >= 15 is 0 Å². The molecule has 1 aromatic rings. The van der Waals surface area contributed by atoms with Crippen LogP contribution < -0.4 is 10.1 Å². The van der Waals surface area contributed by atoms with Crippen LogP contribution in [0.5, 0.6) is 5.75 Å². The molecule has 3 heteroatoms. The number of rotatable bonds is 7. The Kier molecular flexibility index (Phi) is 6.16. The van der Waals surface area contributed by atoms with Crippen molar-refractivity contribution >= 4 is 0 Å². The van der Waals surface area contributed by atoms with Crippen molar-refractivity contribution in [2.75, 3.05) is 13.7 Å². The van der Waals surface area contributed by atoms with Gasteiger partial charge in [-0.2, -0.15) is 0 Å². The van der Waals surface area contributed by atoms with Crippen LogP contribution in [0.4, 0.5) is 0 Å². The summed E-state index contributed by atoms with van der Waals surface area (Å²) in [6.07, 6.45) is 0.718. The highest BCUT2D eigenvalue weighted by Crippen LogP contribution is 2.17. The van der Waals surface area contributed by atoms with Crippen LogP contribution in [0.15, 0.2) is 24.3 Å². The fraction of sp³-hybridized carbons (Fsp3) is 0.600. The topological polar surface area (TPSA) is 41.5 Å². The van der Waals surface area contributed by atoms with Crippen molar-refractivity contribution < 1.29 is 9.84 Å². The zero-order valence-electron chi connectivity index (χ0n) is 11.8. The molecule has 102 valence electrons. The van der Waals surface area contributed by atoms with Crippen LogP contribution in [-0.2, 0) is 0 Å². The Morgan fingerprint density at radius 1 is 1.22 bits per heavy atom. The second-order valence-corrected chi connectivity index (χ2v) is 4.86. The largest absolute Gasteiger partial charge is 0.497 e. The summed E-state index contributed by atoms with van der Waals surface area (Å²) < 4.78 is 5.13. The minimum absolute atomic E-state index is 0.231. The average molecular weight is 251 g/mol. The summed E-state index contributed by atoms with van der Waals surface area (Å²) in [5.41, 5.74) is 1.20. The van der Waals surface area contributed by atoms with Crippen molar-refractivity contribution in [1.29, 1.82) is 0 Å². The lowest BCUT2D eigenvalue weighted by molar-refractivity contribution is 0.110. The molecular formula is C15H25NO2. The van der Waals surface area contributed by atoms with E-state index in [1.165, 1.54) is 5.56 Å². The lowest BCUT2D eigenvalue weighted by atomic mass is 10.0. The van der Waals surface area contributed by atoms with Crippen LogP contribution in [0.3, 0.4) is 0 Å². The molecule has 0 fully saturated rings. The highest BCUT2D eigenvalue weighted by molar-refractivity contribution is 5.28. The minimum Gasteiger partial charge on any atom is -0.497 e. The first-order valence-electron chi connectivity index (χ1n) is 6.63. The van der Waals surface area contributed by atoms with E-state index in [2.05, 4.69) is 26.1 Å². The Bertz CT molecular complexity index is 337. The third-order valence-corrected chi connectivity index (χ3v) is 3.55. The van der Waals surface area contributed by atoms with Crippen molar-refractivity contribution in [1.82, 2.24) is 5.32 Å². The van der Waals surface area contributed by atoms with Gasteiger partial charge in [-0.25, -0.2) is 0 Å². The normalized spacial score (nSPS) is 16.1. The molecule has 0 aliphatic carbocycles. The number of aliphatic hydroxyl groups is 1. The summed E-state index contributed by atoms with van der Waals surface area (Å²) >= 11 is 0. The summed E-state index contributed by atoms with van der Waals surface area (Å²) in [7, 11) is 1.67. The molecule has 0 aliphatic rings. The Balaban J connectivity index is 2.46. The first-order chi connectivity index (χ1) is 8.58. The molecule has 0 aliphatic heterocycles. The van der Waals surface area contributed by atoms with Crippen LogP contribution in [0.2, 0.25) is 0 Å². The molecule has 0 heterocycles. The number of aliphatic hydroxyl groups excluding tert-OH is 1. The number of methoxy groups -OCH3 is 1. The fourth-order valence-electron chi connectivity index (χ4n) is 1.78. The summed E-state index contributed by atoms with van der Waals surface area (Å²) in [4.78, 5) is 0. The van der Waals surface area contributed by atoms with Gasteiger partial charge in [0.15, 0.2) is 0 Å². The predicted octanol–water partition coefficient (Wildman–Crippen LogP) is 2.75. The molecular weight excluding hydrogens is 226 g/mol. The number of ether oxygens (including phenoxy) is 1. The van der Waals surface area contributed by atoms with E-state index in [0.29, 0.717) is 12.5 Å². The Morgan fingerprint density at radius 3 is 2.33 bits per heavy atom. The van der Waals surface area contributed by atoms with Gasteiger partial charge in [0.25, 0.3) is 0 Å². The minimum atomic E-state index is -0.282. The zero-order chi connectivity index (χ0) is 13.5. The maximum Gasteiger partial charge on any atom is 0.118 e. The molecule has 0 amide bonds. The van der Waals surface area contributed by atoms with Crippen molar-refractivity contribution in [2.45, 2.75) is 39.3 Å². The van der Waals surface area contributed by atoms with Crippen LogP contribution in [0.1, 0.15) is 38.8 Å². The van der Waals surface area contributed by atoms with E-state index < -0.39 is 0 Å². The molecule has 1 rings (SSSR count). The van der Waals surface area contributed by atoms with E-state index in [0.717, 1.165) is 12.2 Å². The van der Waals surface area contributed by atoms with Crippen molar-refractivity contribution in [3.05, 3.63) is 29.8 Å². The van der Waals surface area contributed by atoms with Crippen LogP contribution in [0.25, 0.3) is 0 Å². The predicted molar refractivity (Wildman–Crippen MR) is 74.9 cm³/mol. The number of hydrogen-bond acceptors (Lipinski definition) is 3. The monoisotopic (exact) mass is 251 g/mol. The molecule has 0 radical (unpaired) electrons. The Hall–Kier alpha value is -1.06. The highest BCUT2D eigenvalue weighted by Gasteiger charge is 2.13. The van der Waals surface area contributed by atoms with Crippen molar-refractivity contribution in [3.8, 4) is 5.75 Å². The SMILES string of the molecule is CCC(C)C(O)CNC(C)c1ccc(OC)cc1. The van der Waals surface area contributed by atoms with E-state index in [1.54, 1.807) is 7.11 Å². The van der Waals surface area contributed by atoms with Gasteiger partial charge >= 0.3 is 0 Å². The lowest BCUT2D eigenvalue weighted by Gasteiger charge is -2.21. The number of nitrogens with one attached hydrogen (secondary N) is 1. The molecule has 18 heavy (non-hydrogen) atoms. The van der Waals surface area contributed by atoms with Crippen LogP contribution in [-0.4, -0.2) is 24.9 Å². The van der Waals surface area contributed by atoms with E-state index in [1.807, 2.05) is 24.3 Å². The van der Waals surface area contributed by atoms with Gasteiger partial charge in [0.2, 0.25) is 0 Å². The molecule has 1 aromatic carbocycles. The quantitative estimate of drug-likeness (QED) is 0.783. The van der Waals surface area contributed by atoms with Gasteiger partial charge in [0.1, 0.15) is 5.75 Å². The van der Waals surface area contributed by atoms with Gasteiger partial charge in [-0.3, -0.25) is 0 Å². The molecule has 3 unspecified atom stereocenters. The van der Waals surface area contributed by atoms with Gasteiger partial charge in [0, 0.05) is 12.6 Å². The van der Waals surface area contributed by atoms with Gasteiger partial charge < -0.3 is 15.2 Å². The van der Waals surface area contributed by atoms with Gasteiger partial charge in [0.05, 0.1) is 13.2 Å².